The number of carbonyl (C=O) groups is 1. The summed E-state index contributed by atoms with van der Waals surface area (Å²) in [5.41, 5.74) is 5.48. The highest BCUT2D eigenvalue weighted by molar-refractivity contribution is 5.75. The van der Waals surface area contributed by atoms with Crippen LogP contribution < -0.4 is 10.6 Å². The van der Waals surface area contributed by atoms with E-state index in [9.17, 15) is 4.79 Å². The van der Waals surface area contributed by atoms with Gasteiger partial charge in [0.15, 0.2) is 0 Å². The molecule has 0 fully saturated rings. The molecule has 2 amide bonds. The minimum Gasteiger partial charge on any atom is -0.332 e. The number of benzene rings is 1. The van der Waals surface area contributed by atoms with Crippen molar-refractivity contribution in [2.24, 2.45) is 7.05 Å². The average molecular weight is 314 g/mol. The molecule has 23 heavy (non-hydrogen) atoms. The van der Waals surface area contributed by atoms with Gasteiger partial charge in [0.2, 0.25) is 0 Å². The van der Waals surface area contributed by atoms with Gasteiger partial charge in [0.1, 0.15) is 0 Å². The maximum atomic E-state index is 12.2. The first-order chi connectivity index (χ1) is 10.8. The number of nitrogens with zero attached hydrogens (tertiary/aromatic N) is 2. The lowest BCUT2D eigenvalue weighted by Crippen LogP contribution is -2.38. The number of urea groups is 1. The molecule has 0 aliphatic heterocycles. The first-order valence-electron chi connectivity index (χ1n) is 7.91. The highest BCUT2D eigenvalue weighted by Gasteiger charge is 2.16. The molecule has 2 aromatic rings. The predicted octanol–water partition coefficient (Wildman–Crippen LogP) is 3.47. The number of aromatic nitrogens is 2. The zero-order chi connectivity index (χ0) is 17.1. The number of hydrogen-bond acceptors (Lipinski definition) is 2. The molecule has 0 aliphatic carbocycles. The average Bonchev–Trinajstić information content (AvgIpc) is 2.76. The van der Waals surface area contributed by atoms with Crippen molar-refractivity contribution in [3.8, 4) is 0 Å². The second-order valence-electron chi connectivity index (χ2n) is 6.33. The summed E-state index contributed by atoms with van der Waals surface area (Å²) in [7, 11) is 1.88. The Morgan fingerprint density at radius 2 is 1.61 bits per heavy atom. The summed E-state index contributed by atoms with van der Waals surface area (Å²) in [6, 6.07) is 6.03. The number of amides is 2. The van der Waals surface area contributed by atoms with E-state index in [0.717, 1.165) is 16.8 Å². The van der Waals surface area contributed by atoms with Gasteiger partial charge in [-0.2, -0.15) is 5.10 Å². The van der Waals surface area contributed by atoms with Crippen molar-refractivity contribution in [3.63, 3.8) is 0 Å². The molecule has 5 nitrogen and oxygen atoms in total. The molecule has 0 aliphatic rings. The molecule has 2 rings (SSSR count). The number of hydrogen-bond donors (Lipinski definition) is 2. The Labute approximate surface area is 138 Å². The van der Waals surface area contributed by atoms with Crippen LogP contribution in [0.15, 0.2) is 24.4 Å². The van der Waals surface area contributed by atoms with Crippen LogP contribution in [0.3, 0.4) is 0 Å². The van der Waals surface area contributed by atoms with Crippen LogP contribution in [0.5, 0.6) is 0 Å². The molecule has 0 saturated carbocycles. The van der Waals surface area contributed by atoms with Crippen LogP contribution in [0.25, 0.3) is 0 Å². The minimum absolute atomic E-state index is 0.0456. The van der Waals surface area contributed by atoms with E-state index in [4.69, 9.17) is 0 Å². The third-order valence-electron chi connectivity index (χ3n) is 3.96. The Morgan fingerprint density at radius 3 is 2.13 bits per heavy atom. The van der Waals surface area contributed by atoms with Crippen molar-refractivity contribution in [2.45, 2.75) is 46.7 Å². The highest BCUT2D eigenvalue weighted by atomic mass is 16.2. The lowest BCUT2D eigenvalue weighted by atomic mass is 10.0. The maximum Gasteiger partial charge on any atom is 0.315 e. The van der Waals surface area contributed by atoms with Gasteiger partial charge < -0.3 is 10.6 Å². The van der Waals surface area contributed by atoms with E-state index in [1.807, 2.05) is 34.0 Å². The van der Waals surface area contributed by atoms with Gasteiger partial charge in [-0.1, -0.05) is 29.3 Å². The third kappa shape index (κ3) is 4.34. The van der Waals surface area contributed by atoms with Crippen molar-refractivity contribution in [1.29, 1.82) is 0 Å². The van der Waals surface area contributed by atoms with Crippen LogP contribution in [0.1, 0.15) is 53.9 Å². The SMILES string of the molecule is Cc1cc(C)cc([C@@H](C)NC(=O)N[C@H](C)c2cn(C)nc2C)c1. The first-order valence-corrected chi connectivity index (χ1v) is 7.91. The molecule has 0 unspecified atom stereocenters. The third-order valence-corrected chi connectivity index (χ3v) is 3.96. The summed E-state index contributed by atoms with van der Waals surface area (Å²) in [6.07, 6.45) is 1.94. The maximum absolute atomic E-state index is 12.2. The first kappa shape index (κ1) is 17.1. The zero-order valence-corrected chi connectivity index (χ0v) is 14.8. The fourth-order valence-corrected chi connectivity index (χ4v) is 2.90. The molecule has 5 heteroatoms. The molecule has 1 aromatic heterocycles. The highest BCUT2D eigenvalue weighted by Crippen LogP contribution is 2.18. The second-order valence-corrected chi connectivity index (χ2v) is 6.33. The van der Waals surface area contributed by atoms with E-state index in [0.29, 0.717) is 0 Å². The van der Waals surface area contributed by atoms with Crippen molar-refractivity contribution >= 4 is 6.03 Å². The molecule has 124 valence electrons. The Kier molecular flexibility index (Phi) is 5.08. The minimum atomic E-state index is -0.174. The molecule has 0 saturated heterocycles. The predicted molar refractivity (Wildman–Crippen MR) is 92.4 cm³/mol. The van der Waals surface area contributed by atoms with E-state index in [2.05, 4.69) is 47.8 Å². The number of nitrogens with one attached hydrogen (secondary N) is 2. The quantitative estimate of drug-likeness (QED) is 0.908. The normalized spacial score (nSPS) is 13.5. The van der Waals surface area contributed by atoms with Crippen LogP contribution in [-0.2, 0) is 7.05 Å². The Bertz CT molecular complexity index is 685. The number of aryl methyl sites for hydroxylation is 4. The molecule has 1 aromatic carbocycles. The zero-order valence-electron chi connectivity index (χ0n) is 14.8. The van der Waals surface area contributed by atoms with Gasteiger partial charge in [-0.3, -0.25) is 4.68 Å². The number of carbonyl (C=O) groups excluding carboxylic acids is 1. The summed E-state index contributed by atoms with van der Waals surface area (Å²) in [4.78, 5) is 12.2. The largest absolute Gasteiger partial charge is 0.332 e. The van der Waals surface area contributed by atoms with Crippen LogP contribution in [0, 0.1) is 20.8 Å². The van der Waals surface area contributed by atoms with Crippen LogP contribution in [-0.4, -0.2) is 15.8 Å². The van der Waals surface area contributed by atoms with Gasteiger partial charge in [0.25, 0.3) is 0 Å². The van der Waals surface area contributed by atoms with Gasteiger partial charge in [-0.15, -0.1) is 0 Å². The summed E-state index contributed by atoms with van der Waals surface area (Å²) in [5.74, 6) is 0. The van der Waals surface area contributed by atoms with Gasteiger partial charge in [0.05, 0.1) is 17.8 Å². The van der Waals surface area contributed by atoms with E-state index in [-0.39, 0.29) is 18.1 Å². The van der Waals surface area contributed by atoms with Crippen molar-refractivity contribution in [1.82, 2.24) is 20.4 Å². The van der Waals surface area contributed by atoms with E-state index in [1.165, 1.54) is 11.1 Å². The van der Waals surface area contributed by atoms with Crippen LogP contribution in [0.2, 0.25) is 0 Å². The molecule has 0 spiro atoms. The van der Waals surface area contributed by atoms with E-state index in [1.54, 1.807) is 4.68 Å². The Hall–Kier alpha value is -2.30. The molecular formula is C18H26N4O. The lowest BCUT2D eigenvalue weighted by Gasteiger charge is -2.19. The van der Waals surface area contributed by atoms with Gasteiger partial charge in [0, 0.05) is 18.8 Å². The number of rotatable bonds is 4. The summed E-state index contributed by atoms with van der Waals surface area (Å²) < 4.78 is 1.76. The van der Waals surface area contributed by atoms with E-state index < -0.39 is 0 Å². The summed E-state index contributed by atoms with van der Waals surface area (Å²) in [6.45, 7) is 10.0. The molecule has 2 atom stereocenters. The topological polar surface area (TPSA) is 59.0 Å². The second kappa shape index (κ2) is 6.86. The van der Waals surface area contributed by atoms with Crippen molar-refractivity contribution < 1.29 is 4.79 Å². The van der Waals surface area contributed by atoms with Crippen LogP contribution >= 0.6 is 0 Å². The van der Waals surface area contributed by atoms with Crippen molar-refractivity contribution in [3.05, 3.63) is 52.3 Å². The summed E-state index contributed by atoms with van der Waals surface area (Å²) >= 11 is 0. The molecule has 0 bridgehead atoms. The molecular weight excluding hydrogens is 288 g/mol. The standard InChI is InChI=1S/C18H26N4O/c1-11-7-12(2)9-16(8-11)13(3)19-18(23)20-14(4)17-10-22(6)21-15(17)5/h7-10,13-14H,1-6H3,(H2,19,20,23)/t13-,14-/m1/s1. The molecule has 1 heterocycles. The fourth-order valence-electron chi connectivity index (χ4n) is 2.90. The molecule has 0 radical (unpaired) electrons. The molecule has 2 N–H and O–H groups in total. The van der Waals surface area contributed by atoms with Crippen molar-refractivity contribution in [2.75, 3.05) is 0 Å². The van der Waals surface area contributed by atoms with Crippen LogP contribution in [0.4, 0.5) is 4.79 Å². The monoisotopic (exact) mass is 314 g/mol. The fraction of sp³-hybridized carbons (Fsp3) is 0.444. The van der Waals surface area contributed by atoms with Gasteiger partial charge in [-0.25, -0.2) is 4.79 Å². The summed E-state index contributed by atoms with van der Waals surface area (Å²) in [5, 5.41) is 10.3. The Morgan fingerprint density at radius 1 is 1.04 bits per heavy atom. The van der Waals surface area contributed by atoms with Gasteiger partial charge >= 0.3 is 6.03 Å². The smallest absolute Gasteiger partial charge is 0.315 e. The van der Waals surface area contributed by atoms with E-state index >= 15 is 0 Å². The lowest BCUT2D eigenvalue weighted by molar-refractivity contribution is 0.235. The van der Waals surface area contributed by atoms with Gasteiger partial charge in [-0.05, 0) is 40.2 Å². The Balaban J connectivity index is 2.00.